The Bertz CT molecular complexity index is 908. The van der Waals surface area contributed by atoms with Gasteiger partial charge in [-0.25, -0.2) is 4.98 Å². The molecule has 0 bridgehead atoms. The summed E-state index contributed by atoms with van der Waals surface area (Å²) in [5, 5.41) is 12.0. The fourth-order valence-corrected chi connectivity index (χ4v) is 3.82. The largest absolute Gasteiger partial charge is 0.357 e. The molecule has 0 aliphatic rings. The molecule has 9 heteroatoms. The highest BCUT2D eigenvalue weighted by molar-refractivity contribution is 9.10. The van der Waals surface area contributed by atoms with E-state index < -0.39 is 0 Å². The zero-order valence-corrected chi connectivity index (χ0v) is 15.1. The van der Waals surface area contributed by atoms with E-state index in [9.17, 15) is 4.79 Å². The molecule has 0 saturated carbocycles. The molecule has 0 fully saturated rings. The zero-order valence-electron chi connectivity index (χ0n) is 11.9. The first-order valence-electron chi connectivity index (χ1n) is 6.64. The number of aromatic nitrogens is 4. The Labute approximate surface area is 148 Å². The molecule has 0 spiro atoms. The monoisotopic (exact) mass is 409 g/mol. The van der Waals surface area contributed by atoms with Crippen molar-refractivity contribution in [2.75, 3.05) is 11.9 Å². The average Bonchev–Trinajstić information content (AvgIpc) is 2.99. The van der Waals surface area contributed by atoms with Crippen molar-refractivity contribution in [3.8, 4) is 0 Å². The molecule has 3 heterocycles. The van der Waals surface area contributed by atoms with Gasteiger partial charge in [-0.3, -0.25) is 9.20 Å². The van der Waals surface area contributed by atoms with Crippen LogP contribution >= 0.6 is 39.0 Å². The van der Waals surface area contributed by atoms with E-state index in [1.807, 2.05) is 12.1 Å². The summed E-state index contributed by atoms with van der Waals surface area (Å²) in [5.74, 6) is 0.567. The Morgan fingerprint density at radius 2 is 2.30 bits per heavy atom. The predicted octanol–water partition coefficient (Wildman–Crippen LogP) is 3.20. The highest BCUT2D eigenvalue weighted by atomic mass is 79.9. The van der Waals surface area contributed by atoms with E-state index in [1.165, 1.54) is 27.5 Å². The predicted molar refractivity (Wildman–Crippen MR) is 97.3 cm³/mol. The van der Waals surface area contributed by atoms with Crippen LogP contribution in [0.1, 0.15) is 5.69 Å². The van der Waals surface area contributed by atoms with Gasteiger partial charge in [0.05, 0.1) is 5.69 Å². The second kappa shape index (κ2) is 7.24. The molecule has 0 aliphatic carbocycles. The normalized spacial score (nSPS) is 10.8. The van der Waals surface area contributed by atoms with E-state index in [1.54, 1.807) is 18.3 Å². The summed E-state index contributed by atoms with van der Waals surface area (Å²) in [6.45, 7) is 4.29. The van der Waals surface area contributed by atoms with Gasteiger partial charge in [0.1, 0.15) is 5.65 Å². The molecule has 3 aromatic heterocycles. The van der Waals surface area contributed by atoms with Crippen molar-refractivity contribution >= 4 is 49.8 Å². The molecule has 0 unspecified atom stereocenters. The smallest absolute Gasteiger partial charge is 0.258 e. The van der Waals surface area contributed by atoms with Crippen LogP contribution in [0, 0.1) is 0 Å². The lowest BCUT2D eigenvalue weighted by Gasteiger charge is -2.03. The van der Waals surface area contributed by atoms with Crippen LogP contribution in [0.3, 0.4) is 0 Å². The van der Waals surface area contributed by atoms with Gasteiger partial charge in [-0.2, -0.15) is 0 Å². The van der Waals surface area contributed by atoms with Crippen LogP contribution in [0.4, 0.5) is 5.13 Å². The van der Waals surface area contributed by atoms with Gasteiger partial charge in [-0.15, -0.1) is 16.8 Å². The Morgan fingerprint density at radius 3 is 3.13 bits per heavy atom. The third kappa shape index (κ3) is 3.98. The van der Waals surface area contributed by atoms with Crippen molar-refractivity contribution in [1.29, 1.82) is 0 Å². The van der Waals surface area contributed by atoms with E-state index >= 15 is 0 Å². The second-order valence-electron chi connectivity index (χ2n) is 4.49. The summed E-state index contributed by atoms with van der Waals surface area (Å²) < 4.78 is 3.18. The maximum atomic E-state index is 12.1. The molecule has 23 heavy (non-hydrogen) atoms. The lowest BCUT2D eigenvalue weighted by Crippen LogP contribution is -2.15. The summed E-state index contributed by atoms with van der Waals surface area (Å²) in [6, 6.07) is 5.22. The molecule has 0 atom stereocenters. The fourth-order valence-electron chi connectivity index (χ4n) is 1.83. The molecule has 0 aliphatic heterocycles. The SMILES string of the molecule is C=CCNc1nnc(SCc2cc(=O)n3cc(Br)ccc3n2)s1. The van der Waals surface area contributed by atoms with Gasteiger partial charge in [0, 0.05) is 29.0 Å². The number of hydrogen-bond acceptors (Lipinski definition) is 7. The first kappa shape index (κ1) is 16.2. The van der Waals surface area contributed by atoms with Gasteiger partial charge >= 0.3 is 0 Å². The standard InChI is InChI=1S/C14H12BrN5OS2/c1-2-5-16-13-18-19-14(23-13)22-8-10-6-12(21)20-7-9(15)3-4-11(20)17-10/h2-4,6-7H,1,5,8H2,(H,16,18). The second-order valence-corrected chi connectivity index (χ2v) is 7.61. The minimum absolute atomic E-state index is 0.0995. The van der Waals surface area contributed by atoms with E-state index in [-0.39, 0.29) is 5.56 Å². The van der Waals surface area contributed by atoms with Crippen LogP contribution < -0.4 is 10.9 Å². The van der Waals surface area contributed by atoms with Crippen LogP contribution in [0.2, 0.25) is 0 Å². The Hall–Kier alpha value is -1.71. The van der Waals surface area contributed by atoms with Gasteiger partial charge in [-0.1, -0.05) is 29.2 Å². The number of halogens is 1. The number of hydrogen-bond donors (Lipinski definition) is 1. The third-order valence-corrected chi connectivity index (χ3v) is 5.34. The van der Waals surface area contributed by atoms with E-state index in [4.69, 9.17) is 0 Å². The quantitative estimate of drug-likeness (QED) is 0.497. The molecule has 0 aromatic carbocycles. The Morgan fingerprint density at radius 1 is 1.43 bits per heavy atom. The van der Waals surface area contributed by atoms with Crippen molar-refractivity contribution in [2.45, 2.75) is 10.1 Å². The highest BCUT2D eigenvalue weighted by Crippen LogP contribution is 2.27. The van der Waals surface area contributed by atoms with Crippen molar-refractivity contribution in [1.82, 2.24) is 19.6 Å². The zero-order chi connectivity index (χ0) is 16.2. The summed E-state index contributed by atoms with van der Waals surface area (Å²) in [4.78, 5) is 16.6. The van der Waals surface area contributed by atoms with Crippen molar-refractivity contribution in [3.05, 3.63) is 57.6 Å². The summed E-state index contributed by atoms with van der Waals surface area (Å²) in [5.41, 5.74) is 1.25. The number of thioether (sulfide) groups is 1. The van der Waals surface area contributed by atoms with Crippen LogP contribution in [-0.2, 0) is 5.75 Å². The van der Waals surface area contributed by atoms with Gasteiger partial charge in [-0.05, 0) is 28.1 Å². The minimum Gasteiger partial charge on any atom is -0.357 e. The van der Waals surface area contributed by atoms with Crippen LogP contribution in [0.25, 0.3) is 5.65 Å². The molecule has 1 N–H and O–H groups in total. The van der Waals surface area contributed by atoms with Gasteiger partial charge in [0.2, 0.25) is 5.13 Å². The van der Waals surface area contributed by atoms with Gasteiger partial charge in [0.25, 0.3) is 5.56 Å². The number of pyridine rings is 1. The van der Waals surface area contributed by atoms with E-state index in [0.717, 1.165) is 19.6 Å². The number of nitrogens with one attached hydrogen (secondary N) is 1. The maximum absolute atomic E-state index is 12.1. The molecule has 3 rings (SSSR count). The highest BCUT2D eigenvalue weighted by Gasteiger charge is 2.07. The molecule has 3 aromatic rings. The maximum Gasteiger partial charge on any atom is 0.258 e. The molecule has 0 saturated heterocycles. The van der Waals surface area contributed by atoms with Crippen molar-refractivity contribution in [3.63, 3.8) is 0 Å². The summed E-state index contributed by atoms with van der Waals surface area (Å²) in [6.07, 6.45) is 3.48. The van der Waals surface area contributed by atoms with Gasteiger partial charge < -0.3 is 5.32 Å². The summed E-state index contributed by atoms with van der Waals surface area (Å²) in [7, 11) is 0. The molecular weight excluding hydrogens is 398 g/mol. The van der Waals surface area contributed by atoms with Crippen LogP contribution in [0.15, 0.2) is 50.7 Å². The Balaban J connectivity index is 1.74. The number of rotatable bonds is 6. The van der Waals surface area contributed by atoms with E-state index in [0.29, 0.717) is 17.9 Å². The van der Waals surface area contributed by atoms with Crippen molar-refractivity contribution < 1.29 is 0 Å². The third-order valence-electron chi connectivity index (χ3n) is 2.82. The van der Waals surface area contributed by atoms with E-state index in [2.05, 4.69) is 43.0 Å². The summed E-state index contributed by atoms with van der Waals surface area (Å²) >= 11 is 6.32. The molecule has 118 valence electrons. The molecular formula is C14H12BrN5OS2. The number of anilines is 1. The lowest BCUT2D eigenvalue weighted by atomic mass is 10.4. The number of nitrogens with zero attached hydrogens (tertiary/aromatic N) is 4. The molecule has 0 radical (unpaired) electrons. The van der Waals surface area contributed by atoms with Crippen LogP contribution in [-0.4, -0.2) is 26.1 Å². The van der Waals surface area contributed by atoms with Crippen LogP contribution in [0.5, 0.6) is 0 Å². The van der Waals surface area contributed by atoms with Gasteiger partial charge in [0.15, 0.2) is 4.34 Å². The number of fused-ring (bicyclic) bond motifs is 1. The minimum atomic E-state index is -0.0995. The Kier molecular flexibility index (Phi) is 5.09. The fraction of sp³-hybridized carbons (Fsp3) is 0.143. The lowest BCUT2D eigenvalue weighted by molar-refractivity contribution is 0.995. The first-order chi connectivity index (χ1) is 11.2. The molecule has 0 amide bonds. The first-order valence-corrected chi connectivity index (χ1v) is 9.24. The molecule has 6 nitrogen and oxygen atoms in total. The topological polar surface area (TPSA) is 72.2 Å². The average molecular weight is 410 g/mol. The van der Waals surface area contributed by atoms with Crippen molar-refractivity contribution in [2.24, 2.45) is 0 Å².